The maximum absolute atomic E-state index is 12.5. The van der Waals surface area contributed by atoms with Crippen LogP contribution in [0.4, 0.5) is 11.4 Å². The molecule has 0 unspecified atom stereocenters. The molecule has 0 aliphatic heterocycles. The molecule has 0 fully saturated rings. The van der Waals surface area contributed by atoms with Crippen LogP contribution in [0, 0.1) is 12.1 Å². The highest BCUT2D eigenvalue weighted by atomic mass is 16.5. The highest BCUT2D eigenvalue weighted by molar-refractivity contribution is 5.67. The van der Waals surface area contributed by atoms with Gasteiger partial charge in [0, 0.05) is 18.2 Å². The Balaban J connectivity index is 2.10. The van der Waals surface area contributed by atoms with E-state index in [1.54, 1.807) is 12.1 Å². The van der Waals surface area contributed by atoms with Crippen molar-refractivity contribution in [2.45, 2.75) is 20.4 Å². The van der Waals surface area contributed by atoms with E-state index in [-0.39, 0.29) is 5.56 Å². The number of nitrogens with zero attached hydrogens (tertiary/aromatic N) is 3. The number of anilines is 2. The van der Waals surface area contributed by atoms with Crippen LogP contribution in [0.3, 0.4) is 0 Å². The molecule has 0 spiro atoms. The average molecular weight is 322 g/mol. The molecule has 2 aromatic heterocycles. The highest BCUT2D eigenvalue weighted by Gasteiger charge is 2.11. The quantitative estimate of drug-likeness (QED) is 0.592. The van der Waals surface area contributed by atoms with Crippen molar-refractivity contribution in [2.24, 2.45) is 0 Å². The summed E-state index contributed by atoms with van der Waals surface area (Å²) >= 11 is 0. The highest BCUT2D eigenvalue weighted by Crippen LogP contribution is 2.21. The number of aromatic nitrogens is 3. The lowest BCUT2D eigenvalue weighted by Crippen LogP contribution is -2.27. The molecular formula is C18H18N4O2. The Morgan fingerprint density at radius 1 is 1.21 bits per heavy atom. The van der Waals surface area contributed by atoms with Crippen molar-refractivity contribution in [3.8, 4) is 11.3 Å². The molecule has 3 rings (SSSR count). The molecule has 0 radical (unpaired) electrons. The van der Waals surface area contributed by atoms with E-state index in [2.05, 4.69) is 10.4 Å². The first kappa shape index (κ1) is 15.7. The van der Waals surface area contributed by atoms with Crippen molar-refractivity contribution in [3.63, 3.8) is 0 Å². The number of rotatable bonds is 4. The van der Waals surface area contributed by atoms with E-state index in [0.717, 1.165) is 11.1 Å². The lowest BCUT2D eigenvalue weighted by atomic mass is 10.1. The average Bonchev–Trinajstić information content (AvgIpc) is 2.60. The molecule has 0 bridgehead atoms. The van der Waals surface area contributed by atoms with Gasteiger partial charge in [0.1, 0.15) is 11.4 Å². The van der Waals surface area contributed by atoms with Crippen molar-refractivity contribution in [2.75, 3.05) is 5.32 Å². The van der Waals surface area contributed by atoms with Crippen LogP contribution >= 0.6 is 0 Å². The second-order valence-corrected chi connectivity index (χ2v) is 5.46. The van der Waals surface area contributed by atoms with Crippen LogP contribution < -0.4 is 15.6 Å². The Kier molecular flexibility index (Phi) is 4.29. The zero-order valence-corrected chi connectivity index (χ0v) is 13.6. The van der Waals surface area contributed by atoms with Gasteiger partial charge in [-0.15, -0.1) is 0 Å². The topological polar surface area (TPSA) is 73.9 Å². The standard InChI is InChI=1S/C18H18N4O2/c1-3-22-18(23)16(19-17-12-21(24)10-9-13(17)2)11-15(20-22)14-7-5-4-6-8-14/h4-12,19H,3H2,1-2H3. The van der Waals surface area contributed by atoms with E-state index in [1.807, 2.05) is 44.2 Å². The summed E-state index contributed by atoms with van der Waals surface area (Å²) in [6, 6.07) is 13.1. The van der Waals surface area contributed by atoms with Crippen LogP contribution in [0.25, 0.3) is 11.3 Å². The summed E-state index contributed by atoms with van der Waals surface area (Å²) in [5.74, 6) is 0. The third kappa shape index (κ3) is 3.12. The van der Waals surface area contributed by atoms with Crippen molar-refractivity contribution in [1.82, 2.24) is 9.78 Å². The van der Waals surface area contributed by atoms with E-state index < -0.39 is 0 Å². The molecule has 0 saturated heterocycles. The third-order valence-electron chi connectivity index (χ3n) is 3.77. The van der Waals surface area contributed by atoms with Crippen molar-refractivity contribution in [3.05, 3.63) is 76.0 Å². The summed E-state index contributed by atoms with van der Waals surface area (Å²) in [5.41, 5.74) is 3.26. The Morgan fingerprint density at radius 2 is 1.96 bits per heavy atom. The Morgan fingerprint density at radius 3 is 2.67 bits per heavy atom. The fourth-order valence-electron chi connectivity index (χ4n) is 2.42. The van der Waals surface area contributed by atoms with Gasteiger partial charge in [0.25, 0.3) is 5.56 Å². The first-order valence-corrected chi connectivity index (χ1v) is 7.72. The summed E-state index contributed by atoms with van der Waals surface area (Å²) in [5, 5.41) is 19.0. The van der Waals surface area contributed by atoms with Crippen LogP contribution in [0.2, 0.25) is 0 Å². The van der Waals surface area contributed by atoms with Gasteiger partial charge in [0.05, 0.1) is 5.69 Å². The lowest BCUT2D eigenvalue weighted by molar-refractivity contribution is -0.604. The smallest absolute Gasteiger partial charge is 0.290 e. The van der Waals surface area contributed by atoms with Gasteiger partial charge in [-0.3, -0.25) is 4.79 Å². The third-order valence-corrected chi connectivity index (χ3v) is 3.77. The predicted molar refractivity (Wildman–Crippen MR) is 93.0 cm³/mol. The molecule has 0 aliphatic carbocycles. The van der Waals surface area contributed by atoms with Gasteiger partial charge in [-0.2, -0.15) is 9.83 Å². The lowest BCUT2D eigenvalue weighted by Gasteiger charge is -2.12. The zero-order chi connectivity index (χ0) is 17.1. The van der Waals surface area contributed by atoms with Gasteiger partial charge in [-0.1, -0.05) is 30.3 Å². The fourth-order valence-corrected chi connectivity index (χ4v) is 2.42. The molecule has 0 saturated carbocycles. The number of hydrogen-bond acceptors (Lipinski definition) is 4. The molecule has 6 heteroatoms. The molecule has 122 valence electrons. The van der Waals surface area contributed by atoms with Crippen molar-refractivity contribution < 1.29 is 4.73 Å². The predicted octanol–water partition coefficient (Wildman–Crippen LogP) is 2.62. The van der Waals surface area contributed by atoms with Crippen LogP contribution in [-0.2, 0) is 6.54 Å². The van der Waals surface area contributed by atoms with Gasteiger partial charge in [-0.05, 0) is 25.5 Å². The van der Waals surface area contributed by atoms with Crippen LogP contribution in [-0.4, -0.2) is 9.78 Å². The van der Waals surface area contributed by atoms with Crippen LogP contribution in [0.5, 0.6) is 0 Å². The molecule has 0 atom stereocenters. The van der Waals surface area contributed by atoms with Gasteiger partial charge in [-0.25, -0.2) is 4.68 Å². The second-order valence-electron chi connectivity index (χ2n) is 5.46. The Hall–Kier alpha value is -3.15. The van der Waals surface area contributed by atoms with E-state index in [0.29, 0.717) is 28.3 Å². The van der Waals surface area contributed by atoms with E-state index in [4.69, 9.17) is 0 Å². The summed E-state index contributed by atoms with van der Waals surface area (Å²) < 4.78 is 2.11. The van der Waals surface area contributed by atoms with Crippen LogP contribution in [0.1, 0.15) is 12.5 Å². The van der Waals surface area contributed by atoms with Crippen molar-refractivity contribution in [1.29, 1.82) is 0 Å². The summed E-state index contributed by atoms with van der Waals surface area (Å²) in [6.45, 7) is 4.20. The van der Waals surface area contributed by atoms with Gasteiger partial charge >= 0.3 is 0 Å². The molecule has 0 aliphatic rings. The van der Waals surface area contributed by atoms with Gasteiger partial charge in [0.15, 0.2) is 6.20 Å². The molecule has 24 heavy (non-hydrogen) atoms. The maximum Gasteiger partial charge on any atom is 0.290 e. The normalized spacial score (nSPS) is 10.6. The molecule has 0 amide bonds. The molecular weight excluding hydrogens is 304 g/mol. The molecule has 1 N–H and O–H groups in total. The largest absolute Gasteiger partial charge is 0.619 e. The molecule has 6 nitrogen and oxygen atoms in total. The molecule has 1 aromatic carbocycles. The van der Waals surface area contributed by atoms with E-state index >= 15 is 0 Å². The number of nitrogens with one attached hydrogen (secondary N) is 1. The minimum atomic E-state index is -0.224. The van der Waals surface area contributed by atoms with E-state index in [1.165, 1.54) is 17.1 Å². The van der Waals surface area contributed by atoms with Crippen LogP contribution in [0.15, 0.2) is 59.7 Å². The zero-order valence-electron chi connectivity index (χ0n) is 13.6. The summed E-state index contributed by atoms with van der Waals surface area (Å²) in [7, 11) is 0. The fraction of sp³-hybridized carbons (Fsp3) is 0.167. The summed E-state index contributed by atoms with van der Waals surface area (Å²) in [6.07, 6.45) is 2.83. The minimum Gasteiger partial charge on any atom is -0.619 e. The molecule has 2 heterocycles. The first-order valence-electron chi connectivity index (χ1n) is 7.72. The monoisotopic (exact) mass is 322 g/mol. The number of aryl methyl sites for hydroxylation is 2. The van der Waals surface area contributed by atoms with Gasteiger partial charge in [0.2, 0.25) is 6.20 Å². The molecule has 3 aromatic rings. The number of hydrogen-bond donors (Lipinski definition) is 1. The minimum absolute atomic E-state index is 0.224. The Bertz CT molecular complexity index is 920. The maximum atomic E-state index is 12.5. The SMILES string of the molecule is CCn1nc(-c2ccccc2)cc(Nc2c[n+]([O-])ccc2C)c1=O. The second kappa shape index (κ2) is 6.54. The Labute approximate surface area is 139 Å². The van der Waals surface area contributed by atoms with Crippen molar-refractivity contribution >= 4 is 11.4 Å². The number of pyridine rings is 1. The van der Waals surface area contributed by atoms with E-state index in [9.17, 15) is 10.0 Å². The number of benzene rings is 1. The summed E-state index contributed by atoms with van der Waals surface area (Å²) in [4.78, 5) is 12.5. The van der Waals surface area contributed by atoms with Gasteiger partial charge < -0.3 is 10.5 Å². The first-order chi connectivity index (χ1) is 11.6.